The van der Waals surface area contributed by atoms with E-state index >= 15 is 0 Å². The van der Waals surface area contributed by atoms with Gasteiger partial charge in [-0.15, -0.1) is 0 Å². The zero-order chi connectivity index (χ0) is 19.4. The highest BCUT2D eigenvalue weighted by atomic mass is 16.6. The molecule has 7 heteroatoms. The number of carbonyl (C=O) groups excluding carboxylic acids is 1. The first-order valence-corrected chi connectivity index (χ1v) is 8.36. The van der Waals surface area contributed by atoms with Gasteiger partial charge in [0.25, 0.3) is 11.6 Å². The molecule has 0 aliphatic rings. The fourth-order valence-electron chi connectivity index (χ4n) is 2.63. The normalized spacial score (nSPS) is 10.5. The molecule has 2 rings (SSSR count). The number of nitrogens with zero attached hydrogens (tertiary/aromatic N) is 4. The summed E-state index contributed by atoms with van der Waals surface area (Å²) in [7, 11) is 3.62. The molecule has 0 spiro atoms. The van der Waals surface area contributed by atoms with E-state index in [-0.39, 0.29) is 11.6 Å². The second kappa shape index (κ2) is 7.95. The summed E-state index contributed by atoms with van der Waals surface area (Å²) >= 11 is 0. The van der Waals surface area contributed by atoms with Crippen LogP contribution in [0, 0.1) is 30.9 Å². The molecule has 7 nitrogen and oxygen atoms in total. The Hall–Kier alpha value is -2.96. The van der Waals surface area contributed by atoms with Gasteiger partial charge in [0.2, 0.25) is 0 Å². The van der Waals surface area contributed by atoms with E-state index < -0.39 is 4.92 Å². The van der Waals surface area contributed by atoms with Gasteiger partial charge in [0.05, 0.1) is 4.92 Å². The molecule has 26 heavy (non-hydrogen) atoms. The topological polar surface area (TPSA) is 79.6 Å². The van der Waals surface area contributed by atoms with Crippen LogP contribution in [-0.2, 0) is 0 Å². The summed E-state index contributed by atoms with van der Waals surface area (Å²) in [6.07, 6.45) is 0. The fourth-order valence-corrected chi connectivity index (χ4v) is 2.63. The van der Waals surface area contributed by atoms with Crippen LogP contribution in [0.4, 0.5) is 11.5 Å². The molecular weight excluding hydrogens is 332 g/mol. The number of aromatic nitrogens is 1. The fraction of sp³-hybridized carbons (Fsp3) is 0.368. The van der Waals surface area contributed by atoms with Crippen molar-refractivity contribution >= 4 is 17.4 Å². The Morgan fingerprint density at radius 1 is 1.12 bits per heavy atom. The number of hydrogen-bond donors (Lipinski definition) is 0. The van der Waals surface area contributed by atoms with Gasteiger partial charge in [0.1, 0.15) is 11.5 Å². The lowest BCUT2D eigenvalue weighted by Crippen LogP contribution is -2.35. The van der Waals surface area contributed by atoms with Crippen LogP contribution in [0.3, 0.4) is 0 Å². The summed E-state index contributed by atoms with van der Waals surface area (Å²) in [6.45, 7) is 6.59. The molecule has 0 saturated heterocycles. The van der Waals surface area contributed by atoms with Crippen LogP contribution in [0.15, 0.2) is 30.3 Å². The first-order chi connectivity index (χ1) is 12.2. The third kappa shape index (κ3) is 4.36. The minimum atomic E-state index is -0.442. The number of amides is 1. The number of nitro groups is 1. The molecule has 0 bridgehead atoms. The summed E-state index contributed by atoms with van der Waals surface area (Å²) in [5.74, 6) is 0.619. The highest BCUT2D eigenvalue weighted by molar-refractivity contribution is 5.95. The Labute approximate surface area is 153 Å². The molecule has 0 aliphatic heterocycles. The molecule has 0 N–H and O–H groups in total. The SMILES string of the molecule is Cc1ccc(C)c(C(=O)N(C)CCN(C)c2ccc([N+](=O)[O-])c(C)n2)c1. The molecule has 1 aromatic heterocycles. The molecule has 2 aromatic rings. The Morgan fingerprint density at radius 3 is 2.42 bits per heavy atom. The van der Waals surface area contributed by atoms with E-state index in [1.165, 1.54) is 6.07 Å². The van der Waals surface area contributed by atoms with Crippen molar-refractivity contribution < 1.29 is 9.72 Å². The third-order valence-corrected chi connectivity index (χ3v) is 4.37. The van der Waals surface area contributed by atoms with Gasteiger partial charge in [0, 0.05) is 38.8 Å². The summed E-state index contributed by atoms with van der Waals surface area (Å²) in [5.41, 5.74) is 3.09. The van der Waals surface area contributed by atoms with Crippen molar-refractivity contribution in [1.29, 1.82) is 0 Å². The van der Waals surface area contributed by atoms with E-state index in [9.17, 15) is 14.9 Å². The first kappa shape index (κ1) is 19.4. The van der Waals surface area contributed by atoms with E-state index in [0.717, 1.165) is 11.1 Å². The monoisotopic (exact) mass is 356 g/mol. The van der Waals surface area contributed by atoms with Crippen LogP contribution in [0.5, 0.6) is 0 Å². The second-order valence-electron chi connectivity index (χ2n) is 6.50. The van der Waals surface area contributed by atoms with Crippen molar-refractivity contribution in [3.8, 4) is 0 Å². The standard InChI is InChI=1S/C19H24N4O3/c1-13-6-7-14(2)16(12-13)19(24)22(5)11-10-21(4)18-9-8-17(23(25)26)15(3)20-18/h6-9,12H,10-11H2,1-5H3. The van der Waals surface area contributed by atoms with Crippen LogP contribution < -0.4 is 4.90 Å². The number of likely N-dealkylation sites (N-methyl/N-ethyl adjacent to an activating group) is 2. The Balaban J connectivity index is 2.03. The van der Waals surface area contributed by atoms with Crippen LogP contribution in [-0.4, -0.2) is 47.9 Å². The maximum absolute atomic E-state index is 12.7. The van der Waals surface area contributed by atoms with E-state index in [2.05, 4.69) is 4.98 Å². The Kier molecular flexibility index (Phi) is 5.92. The zero-order valence-corrected chi connectivity index (χ0v) is 15.8. The van der Waals surface area contributed by atoms with Crippen LogP contribution >= 0.6 is 0 Å². The molecule has 138 valence electrons. The predicted molar refractivity (Wildman–Crippen MR) is 102 cm³/mol. The van der Waals surface area contributed by atoms with Crippen molar-refractivity contribution in [3.05, 3.63) is 62.8 Å². The van der Waals surface area contributed by atoms with Gasteiger partial charge < -0.3 is 9.80 Å². The highest BCUT2D eigenvalue weighted by Gasteiger charge is 2.16. The lowest BCUT2D eigenvalue weighted by molar-refractivity contribution is -0.385. The van der Waals surface area contributed by atoms with Gasteiger partial charge in [-0.05, 0) is 38.5 Å². The average Bonchev–Trinajstić information content (AvgIpc) is 2.60. The molecule has 0 saturated carbocycles. The summed E-state index contributed by atoms with van der Waals surface area (Å²) in [6, 6.07) is 8.92. The molecule has 1 heterocycles. The average molecular weight is 356 g/mol. The number of aryl methyl sites for hydroxylation is 3. The van der Waals surface area contributed by atoms with Crippen molar-refractivity contribution in [1.82, 2.24) is 9.88 Å². The zero-order valence-electron chi connectivity index (χ0n) is 15.8. The lowest BCUT2D eigenvalue weighted by Gasteiger charge is -2.24. The summed E-state index contributed by atoms with van der Waals surface area (Å²) < 4.78 is 0. The smallest absolute Gasteiger partial charge is 0.290 e. The Morgan fingerprint density at radius 2 is 1.81 bits per heavy atom. The summed E-state index contributed by atoms with van der Waals surface area (Å²) in [4.78, 5) is 30.9. The number of benzene rings is 1. The number of anilines is 1. The molecule has 0 unspecified atom stereocenters. The molecule has 0 radical (unpaired) electrons. The van der Waals surface area contributed by atoms with Gasteiger partial charge in [0.15, 0.2) is 0 Å². The number of pyridine rings is 1. The van der Waals surface area contributed by atoms with Crippen molar-refractivity contribution in [3.63, 3.8) is 0 Å². The predicted octanol–water partition coefficient (Wildman–Crippen LogP) is 3.12. The van der Waals surface area contributed by atoms with Crippen LogP contribution in [0.1, 0.15) is 27.2 Å². The molecule has 1 amide bonds. The molecular formula is C19H24N4O3. The quantitative estimate of drug-likeness (QED) is 0.587. The molecule has 1 aromatic carbocycles. The van der Waals surface area contributed by atoms with Gasteiger partial charge >= 0.3 is 0 Å². The third-order valence-electron chi connectivity index (χ3n) is 4.37. The maximum atomic E-state index is 12.7. The van der Waals surface area contributed by atoms with E-state index in [0.29, 0.717) is 30.2 Å². The van der Waals surface area contributed by atoms with Gasteiger partial charge in [-0.25, -0.2) is 4.98 Å². The second-order valence-corrected chi connectivity index (χ2v) is 6.50. The highest BCUT2D eigenvalue weighted by Crippen LogP contribution is 2.20. The first-order valence-electron chi connectivity index (χ1n) is 8.36. The largest absolute Gasteiger partial charge is 0.358 e. The molecule has 0 aliphatic carbocycles. The van der Waals surface area contributed by atoms with Crippen molar-refractivity contribution in [2.75, 3.05) is 32.1 Å². The lowest BCUT2D eigenvalue weighted by atomic mass is 10.0. The maximum Gasteiger partial charge on any atom is 0.290 e. The van der Waals surface area contributed by atoms with Crippen LogP contribution in [0.25, 0.3) is 0 Å². The van der Waals surface area contributed by atoms with E-state index in [1.54, 1.807) is 24.9 Å². The Bertz CT molecular complexity index is 836. The molecule has 0 fully saturated rings. The summed E-state index contributed by atoms with van der Waals surface area (Å²) in [5, 5.41) is 10.9. The van der Waals surface area contributed by atoms with E-state index in [4.69, 9.17) is 0 Å². The number of hydrogen-bond acceptors (Lipinski definition) is 5. The van der Waals surface area contributed by atoms with Crippen LogP contribution in [0.2, 0.25) is 0 Å². The van der Waals surface area contributed by atoms with Gasteiger partial charge in [-0.2, -0.15) is 0 Å². The number of carbonyl (C=O) groups is 1. The van der Waals surface area contributed by atoms with Gasteiger partial charge in [-0.3, -0.25) is 14.9 Å². The minimum Gasteiger partial charge on any atom is -0.358 e. The minimum absolute atomic E-state index is 0.00404. The van der Waals surface area contributed by atoms with Gasteiger partial charge in [-0.1, -0.05) is 17.7 Å². The number of rotatable bonds is 6. The van der Waals surface area contributed by atoms with E-state index in [1.807, 2.05) is 44.0 Å². The molecule has 0 atom stereocenters. The van der Waals surface area contributed by atoms with Crippen molar-refractivity contribution in [2.45, 2.75) is 20.8 Å². The van der Waals surface area contributed by atoms with Crippen molar-refractivity contribution in [2.24, 2.45) is 0 Å².